The van der Waals surface area contributed by atoms with Gasteiger partial charge in [-0.05, 0) is 33.1 Å². The van der Waals surface area contributed by atoms with Crippen LogP contribution < -0.4 is 5.73 Å². The SMILES string of the molecule is CCN(CC)C(=O)CCC(=O)N1CCCCC1CN. The number of carbonyl (C=O) groups excluding carboxylic acids is 2. The fraction of sp³-hybridized carbons (Fsp3) is 0.857. The molecule has 1 rings (SSSR count). The highest BCUT2D eigenvalue weighted by molar-refractivity contribution is 5.84. The fourth-order valence-corrected chi connectivity index (χ4v) is 2.67. The van der Waals surface area contributed by atoms with E-state index in [1.54, 1.807) is 4.90 Å². The van der Waals surface area contributed by atoms with Crippen LogP contribution in [0.1, 0.15) is 46.0 Å². The summed E-state index contributed by atoms with van der Waals surface area (Å²) in [5.41, 5.74) is 5.71. The fourth-order valence-electron chi connectivity index (χ4n) is 2.67. The molecule has 110 valence electrons. The molecule has 5 heteroatoms. The summed E-state index contributed by atoms with van der Waals surface area (Å²) < 4.78 is 0. The van der Waals surface area contributed by atoms with Crippen molar-refractivity contribution in [3.05, 3.63) is 0 Å². The third kappa shape index (κ3) is 4.49. The van der Waals surface area contributed by atoms with Crippen molar-refractivity contribution in [2.75, 3.05) is 26.2 Å². The lowest BCUT2D eigenvalue weighted by Crippen LogP contribution is -2.47. The summed E-state index contributed by atoms with van der Waals surface area (Å²) >= 11 is 0. The van der Waals surface area contributed by atoms with E-state index >= 15 is 0 Å². The molecule has 0 aromatic rings. The maximum Gasteiger partial charge on any atom is 0.223 e. The molecule has 0 bridgehead atoms. The van der Waals surface area contributed by atoms with Crippen LogP contribution in [0, 0.1) is 0 Å². The first-order chi connectivity index (χ1) is 9.13. The minimum atomic E-state index is 0.0691. The third-order valence-electron chi connectivity index (χ3n) is 3.89. The van der Waals surface area contributed by atoms with Gasteiger partial charge >= 0.3 is 0 Å². The van der Waals surface area contributed by atoms with Crippen molar-refractivity contribution in [2.45, 2.75) is 52.0 Å². The molecule has 1 atom stereocenters. The number of hydrogen-bond donors (Lipinski definition) is 1. The van der Waals surface area contributed by atoms with Crippen molar-refractivity contribution in [3.63, 3.8) is 0 Å². The predicted molar refractivity (Wildman–Crippen MR) is 75.6 cm³/mol. The molecule has 0 saturated carbocycles. The lowest BCUT2D eigenvalue weighted by atomic mass is 10.0. The van der Waals surface area contributed by atoms with Gasteiger partial charge in [0.25, 0.3) is 0 Å². The summed E-state index contributed by atoms with van der Waals surface area (Å²) in [7, 11) is 0. The van der Waals surface area contributed by atoms with E-state index < -0.39 is 0 Å². The van der Waals surface area contributed by atoms with Gasteiger partial charge in [-0.1, -0.05) is 0 Å². The molecule has 1 unspecified atom stereocenters. The highest BCUT2D eigenvalue weighted by Gasteiger charge is 2.25. The molecular formula is C14H27N3O2. The summed E-state index contributed by atoms with van der Waals surface area (Å²) in [6.45, 7) is 6.64. The first-order valence-corrected chi connectivity index (χ1v) is 7.41. The average Bonchev–Trinajstić information content (AvgIpc) is 2.45. The predicted octanol–water partition coefficient (Wildman–Crippen LogP) is 0.975. The highest BCUT2D eigenvalue weighted by atomic mass is 16.2. The standard InChI is InChI=1S/C14H27N3O2/c1-3-16(4-2)13(18)8-9-14(19)17-10-6-5-7-12(17)11-15/h12H,3-11,15H2,1-2H3. The van der Waals surface area contributed by atoms with Gasteiger partial charge in [0, 0.05) is 45.1 Å². The third-order valence-corrected chi connectivity index (χ3v) is 3.89. The van der Waals surface area contributed by atoms with Crippen molar-refractivity contribution in [2.24, 2.45) is 5.73 Å². The summed E-state index contributed by atoms with van der Waals surface area (Å²) in [6, 6.07) is 0.171. The molecule has 1 aliphatic rings. The van der Waals surface area contributed by atoms with Gasteiger partial charge < -0.3 is 15.5 Å². The smallest absolute Gasteiger partial charge is 0.223 e. The van der Waals surface area contributed by atoms with Crippen LogP contribution in [0.2, 0.25) is 0 Å². The molecule has 5 nitrogen and oxygen atoms in total. The van der Waals surface area contributed by atoms with Crippen molar-refractivity contribution < 1.29 is 9.59 Å². The second kappa shape index (κ2) is 8.15. The number of nitrogens with two attached hydrogens (primary N) is 1. The summed E-state index contributed by atoms with van der Waals surface area (Å²) in [4.78, 5) is 27.7. The Bertz CT molecular complexity index is 303. The quantitative estimate of drug-likeness (QED) is 0.781. The molecule has 1 aliphatic heterocycles. The zero-order valence-corrected chi connectivity index (χ0v) is 12.2. The molecule has 0 aromatic carbocycles. The number of rotatable bonds is 6. The molecule has 2 amide bonds. The molecule has 2 N–H and O–H groups in total. The molecule has 0 aliphatic carbocycles. The normalized spacial score (nSPS) is 19.3. The summed E-state index contributed by atoms with van der Waals surface area (Å²) in [6.07, 6.45) is 3.81. The summed E-state index contributed by atoms with van der Waals surface area (Å²) in [5.74, 6) is 0.148. The second-order valence-corrected chi connectivity index (χ2v) is 5.04. The lowest BCUT2D eigenvalue weighted by Gasteiger charge is -2.35. The Morgan fingerprint density at radius 3 is 2.47 bits per heavy atom. The van der Waals surface area contributed by atoms with Crippen LogP contribution in [-0.4, -0.2) is 53.8 Å². The van der Waals surface area contributed by atoms with Gasteiger partial charge in [-0.2, -0.15) is 0 Å². The molecule has 1 fully saturated rings. The van der Waals surface area contributed by atoms with Gasteiger partial charge in [-0.25, -0.2) is 0 Å². The summed E-state index contributed by atoms with van der Waals surface area (Å²) in [5, 5.41) is 0. The van der Waals surface area contributed by atoms with Gasteiger partial charge in [-0.15, -0.1) is 0 Å². The van der Waals surface area contributed by atoms with Gasteiger partial charge in [0.1, 0.15) is 0 Å². The highest BCUT2D eigenvalue weighted by Crippen LogP contribution is 2.17. The van der Waals surface area contributed by atoms with E-state index in [0.717, 1.165) is 25.8 Å². The number of likely N-dealkylation sites (tertiary alicyclic amines) is 1. The topological polar surface area (TPSA) is 66.6 Å². The Morgan fingerprint density at radius 1 is 1.21 bits per heavy atom. The molecule has 19 heavy (non-hydrogen) atoms. The van der Waals surface area contributed by atoms with Gasteiger partial charge in [0.15, 0.2) is 0 Å². The van der Waals surface area contributed by atoms with Crippen LogP contribution in [-0.2, 0) is 9.59 Å². The van der Waals surface area contributed by atoms with E-state index in [9.17, 15) is 9.59 Å². The molecule has 1 heterocycles. The zero-order valence-electron chi connectivity index (χ0n) is 12.2. The van der Waals surface area contributed by atoms with Crippen molar-refractivity contribution in [3.8, 4) is 0 Å². The maximum atomic E-state index is 12.2. The first kappa shape index (κ1) is 16.0. The van der Waals surface area contributed by atoms with Crippen LogP contribution in [0.4, 0.5) is 0 Å². The monoisotopic (exact) mass is 269 g/mol. The van der Waals surface area contributed by atoms with E-state index in [0.29, 0.717) is 32.5 Å². The minimum Gasteiger partial charge on any atom is -0.343 e. The number of amides is 2. The van der Waals surface area contributed by atoms with Crippen LogP contribution in [0.5, 0.6) is 0 Å². The van der Waals surface area contributed by atoms with Crippen LogP contribution in [0.15, 0.2) is 0 Å². The number of piperidine rings is 1. The van der Waals surface area contributed by atoms with E-state index in [4.69, 9.17) is 5.73 Å². The van der Waals surface area contributed by atoms with Crippen molar-refractivity contribution in [1.29, 1.82) is 0 Å². The minimum absolute atomic E-state index is 0.0691. The van der Waals surface area contributed by atoms with E-state index in [1.165, 1.54) is 0 Å². The Labute approximate surface area is 116 Å². The molecule has 0 spiro atoms. The van der Waals surface area contributed by atoms with E-state index in [1.807, 2.05) is 18.7 Å². The molecule has 0 radical (unpaired) electrons. The molecule has 1 saturated heterocycles. The van der Waals surface area contributed by atoms with Crippen LogP contribution in [0.3, 0.4) is 0 Å². The van der Waals surface area contributed by atoms with Crippen molar-refractivity contribution >= 4 is 11.8 Å². The molecule has 0 aromatic heterocycles. The lowest BCUT2D eigenvalue weighted by molar-refractivity contribution is -0.139. The van der Waals surface area contributed by atoms with Crippen LogP contribution in [0.25, 0.3) is 0 Å². The first-order valence-electron chi connectivity index (χ1n) is 7.41. The second-order valence-electron chi connectivity index (χ2n) is 5.04. The van der Waals surface area contributed by atoms with Crippen LogP contribution >= 0.6 is 0 Å². The Morgan fingerprint density at radius 2 is 1.89 bits per heavy atom. The molecular weight excluding hydrogens is 242 g/mol. The maximum absolute atomic E-state index is 12.2. The van der Waals surface area contributed by atoms with E-state index in [2.05, 4.69) is 0 Å². The average molecular weight is 269 g/mol. The van der Waals surface area contributed by atoms with Crippen molar-refractivity contribution in [1.82, 2.24) is 9.80 Å². The number of hydrogen-bond acceptors (Lipinski definition) is 3. The number of carbonyl (C=O) groups is 2. The van der Waals surface area contributed by atoms with E-state index in [-0.39, 0.29) is 17.9 Å². The Kier molecular flexibility index (Phi) is 6.84. The largest absolute Gasteiger partial charge is 0.343 e. The Hall–Kier alpha value is -1.10. The van der Waals surface area contributed by atoms with Gasteiger partial charge in [0.2, 0.25) is 11.8 Å². The Balaban J connectivity index is 2.43. The number of nitrogens with zero attached hydrogens (tertiary/aromatic N) is 2. The van der Waals surface area contributed by atoms with Gasteiger partial charge in [-0.3, -0.25) is 9.59 Å². The zero-order chi connectivity index (χ0) is 14.3. The van der Waals surface area contributed by atoms with Gasteiger partial charge in [0.05, 0.1) is 0 Å².